The van der Waals surface area contributed by atoms with E-state index in [0.29, 0.717) is 0 Å². The van der Waals surface area contributed by atoms with Gasteiger partial charge in [-0.2, -0.15) is 4.31 Å². The molecule has 59 heavy (non-hydrogen) atoms. The van der Waals surface area contributed by atoms with Crippen molar-refractivity contribution in [1.29, 1.82) is 0 Å². The van der Waals surface area contributed by atoms with Gasteiger partial charge in [-0.05, 0) is 12.1 Å². The average Bonchev–Trinajstić information content (AvgIpc) is 3.71. The number of anilines is 1. The highest BCUT2D eigenvalue weighted by atomic mass is 32.2. The molecule has 1 fully saturated rings. The normalized spacial score (nSPS) is 21.0. The Bertz CT molecular complexity index is 2170. The molecule has 3 aromatic rings. The van der Waals surface area contributed by atoms with E-state index < -0.39 is 95.6 Å². The second-order valence-corrected chi connectivity index (χ2v) is 18.4. The van der Waals surface area contributed by atoms with Crippen LogP contribution in [0.2, 0.25) is 0 Å². The number of carbonyl (C=O) groups excluding carboxylic acids is 3. The highest BCUT2D eigenvalue weighted by Crippen LogP contribution is 2.61. The van der Waals surface area contributed by atoms with Crippen molar-refractivity contribution < 1.29 is 90.4 Å². The molecule has 7 atom stereocenters. The second kappa shape index (κ2) is 19.8. The topological polar surface area (TPSA) is 401 Å². The van der Waals surface area contributed by atoms with E-state index in [-0.39, 0.29) is 53.4 Å². The Morgan fingerprint density at radius 3 is 2.37 bits per heavy atom. The predicted molar refractivity (Wildman–Crippen MR) is 200 cm³/mol. The van der Waals surface area contributed by atoms with Crippen LogP contribution in [0.4, 0.5) is 5.82 Å². The summed E-state index contributed by atoms with van der Waals surface area (Å²) in [4.78, 5) is 99.1. The molecule has 11 N–H and O–H groups in total. The Kier molecular flexibility index (Phi) is 16.0. The first kappa shape index (κ1) is 47.9. The van der Waals surface area contributed by atoms with Crippen LogP contribution in [-0.2, 0) is 45.9 Å². The average molecular weight is 916 g/mol. The number of ether oxygens (including phenoxy) is 1. The number of amides is 2. The molecule has 30 heteroatoms. The maximum absolute atomic E-state index is 12.7. The molecule has 1 aliphatic heterocycles. The number of aromatic nitrogens is 4. The van der Waals surface area contributed by atoms with Gasteiger partial charge in [-0.1, -0.05) is 37.7 Å². The summed E-state index contributed by atoms with van der Waals surface area (Å²) in [6.07, 6.45) is -7.12. The maximum Gasteiger partial charge on any atom is 0.481 e. The van der Waals surface area contributed by atoms with Crippen LogP contribution in [0.25, 0.3) is 11.2 Å². The van der Waals surface area contributed by atoms with Crippen LogP contribution in [0.3, 0.4) is 0 Å². The Morgan fingerprint density at radius 2 is 1.69 bits per heavy atom. The van der Waals surface area contributed by atoms with Gasteiger partial charge in [0.1, 0.15) is 36.3 Å². The summed E-state index contributed by atoms with van der Waals surface area (Å²) in [5.74, 6) is -2.63. The third-order valence-electron chi connectivity index (χ3n) is 8.08. The quantitative estimate of drug-likeness (QED) is 0.0483. The molecule has 3 heterocycles. The third-order valence-corrected chi connectivity index (χ3v) is 12.1. The van der Waals surface area contributed by atoms with E-state index in [2.05, 4.69) is 34.4 Å². The molecule has 0 radical (unpaired) electrons. The Hall–Kier alpha value is -3.75. The lowest BCUT2D eigenvalue weighted by molar-refractivity contribution is -0.137. The number of hydrogen-bond acceptors (Lipinski definition) is 19. The summed E-state index contributed by atoms with van der Waals surface area (Å²) in [6.45, 7) is 0.174. The van der Waals surface area contributed by atoms with Crippen LogP contribution >= 0.6 is 35.2 Å². The zero-order chi connectivity index (χ0) is 43.9. The van der Waals surface area contributed by atoms with Crippen LogP contribution in [0.5, 0.6) is 0 Å². The zero-order valence-electron chi connectivity index (χ0n) is 30.7. The summed E-state index contributed by atoms with van der Waals surface area (Å²) in [7, 11) is -16.5. The number of phosphoric acid groups is 3. The number of imidazole rings is 1. The van der Waals surface area contributed by atoms with E-state index >= 15 is 0 Å². The number of aromatic carboxylic acids is 1. The van der Waals surface area contributed by atoms with Crippen molar-refractivity contribution in [3.8, 4) is 0 Å². The van der Waals surface area contributed by atoms with Crippen molar-refractivity contribution >= 4 is 75.1 Å². The van der Waals surface area contributed by atoms with Gasteiger partial charge in [0.05, 0.1) is 25.1 Å². The predicted octanol–water partition coefficient (Wildman–Crippen LogP) is -0.323. The minimum absolute atomic E-state index is 0.0182. The number of aliphatic hydroxyl groups is 2. The fourth-order valence-electron chi connectivity index (χ4n) is 5.14. The number of nitrogens with one attached hydrogen (secondary N) is 2. The smallest absolute Gasteiger partial charge is 0.478 e. The summed E-state index contributed by atoms with van der Waals surface area (Å²) in [5, 5.41) is 34.9. The van der Waals surface area contributed by atoms with Crippen molar-refractivity contribution in [2.45, 2.75) is 50.9 Å². The summed E-state index contributed by atoms with van der Waals surface area (Å²) >= 11 is 0.851. The molecule has 0 saturated carbocycles. The van der Waals surface area contributed by atoms with Crippen LogP contribution in [0.1, 0.15) is 47.2 Å². The van der Waals surface area contributed by atoms with E-state index in [1.807, 2.05) is 0 Å². The van der Waals surface area contributed by atoms with Crippen molar-refractivity contribution in [2.75, 3.05) is 37.8 Å². The number of hydrogen-bond donors (Lipinski definition) is 10. The lowest BCUT2D eigenvalue weighted by Gasteiger charge is -2.30. The van der Waals surface area contributed by atoms with E-state index in [0.717, 1.165) is 29.0 Å². The van der Waals surface area contributed by atoms with Gasteiger partial charge in [0.25, 0.3) is 0 Å². The first-order valence-corrected chi connectivity index (χ1v) is 22.3. The number of thioether (sulfide) groups is 1. The van der Waals surface area contributed by atoms with Crippen molar-refractivity contribution in [2.24, 2.45) is 5.41 Å². The number of carbonyl (C=O) groups is 4. The summed E-state index contributed by atoms with van der Waals surface area (Å²) in [6, 6.07) is 5.45. The highest BCUT2D eigenvalue weighted by molar-refractivity contribution is 8.14. The van der Waals surface area contributed by atoms with Gasteiger partial charge in [-0.15, -0.1) is 0 Å². The van der Waals surface area contributed by atoms with Crippen LogP contribution < -0.4 is 16.4 Å². The number of carboxylic acids is 1. The van der Waals surface area contributed by atoms with Crippen LogP contribution in [0.15, 0.2) is 36.9 Å². The summed E-state index contributed by atoms with van der Waals surface area (Å²) < 4.78 is 62.1. The number of nitrogens with zero attached hydrogens (tertiary/aromatic N) is 4. The van der Waals surface area contributed by atoms with Gasteiger partial charge in [-0.25, -0.2) is 33.4 Å². The number of aliphatic hydroxyl groups excluding tert-OH is 2. The van der Waals surface area contributed by atoms with Crippen molar-refractivity contribution in [1.82, 2.24) is 30.2 Å². The molecule has 26 nitrogen and oxygen atoms in total. The second-order valence-electron chi connectivity index (χ2n) is 13.1. The zero-order valence-corrected chi connectivity index (χ0v) is 34.2. The molecular formula is C29H40N7O19P3S. The summed E-state index contributed by atoms with van der Waals surface area (Å²) in [5.41, 5.74) is 4.31. The fourth-order valence-corrected chi connectivity index (χ4v) is 8.65. The van der Waals surface area contributed by atoms with Crippen LogP contribution in [0, 0.1) is 5.41 Å². The minimum atomic E-state index is -5.60. The van der Waals surface area contributed by atoms with Crippen LogP contribution in [-0.4, -0.2) is 134 Å². The Labute approximate surface area is 337 Å². The van der Waals surface area contributed by atoms with Gasteiger partial charge < -0.3 is 56.0 Å². The molecule has 326 valence electrons. The van der Waals surface area contributed by atoms with Gasteiger partial charge in [0, 0.05) is 36.2 Å². The number of nitrogens with two attached hydrogens (primary N) is 1. The SMILES string of the molecule is CC(C)(COP(=O)(O)OP(=O)(O)OC[C@H]1O[C@@H](n2cnc3c(N)ncnc32)[C@H](O)[C@@H]1OP(=O)(O)O)[C@@H](O)C(=O)NCCC(=O)NCCSC(=O)c1cccc(C(=O)O)c1. The number of fused-ring (bicyclic) bond motifs is 1. The highest BCUT2D eigenvalue weighted by Gasteiger charge is 2.50. The number of rotatable bonds is 21. The van der Waals surface area contributed by atoms with Gasteiger partial charge in [0.15, 0.2) is 17.7 Å². The Balaban J connectivity index is 1.22. The number of phosphoric ester groups is 3. The Morgan fingerprint density at radius 1 is 1.02 bits per heavy atom. The lowest BCUT2D eigenvalue weighted by atomic mass is 9.87. The number of carboxylic acid groups (broad SMARTS) is 1. The molecule has 0 spiro atoms. The largest absolute Gasteiger partial charge is 0.481 e. The maximum atomic E-state index is 12.7. The number of benzene rings is 1. The van der Waals surface area contributed by atoms with Crippen molar-refractivity contribution in [3.63, 3.8) is 0 Å². The molecule has 2 aromatic heterocycles. The molecule has 4 rings (SSSR count). The monoisotopic (exact) mass is 915 g/mol. The molecule has 1 aromatic carbocycles. The molecule has 2 amide bonds. The molecular weight excluding hydrogens is 875 g/mol. The molecule has 0 aliphatic carbocycles. The number of nitrogen functional groups attached to an aromatic ring is 1. The van der Waals surface area contributed by atoms with Gasteiger partial charge in [-0.3, -0.25) is 32.5 Å². The lowest BCUT2D eigenvalue weighted by Crippen LogP contribution is -2.46. The standard InChI is InChI=1S/C29H40N7O19P3S/c1-29(2,22(39)25(40)32-7-6-18(37)31-8-9-59-28(43)16-5-3-4-15(10-16)27(41)42)12-52-58(49,50)55-57(47,48)51-11-17-21(54-56(44,45)46)20(38)26(53-17)36-14-35-19-23(30)33-13-34-24(19)36/h3-5,10,13-14,17,20-22,26,38-39H,6-9,11-12H2,1-2H3,(H,31,37)(H,32,40)(H,41,42)(H,47,48)(H,49,50)(H2,30,33,34)(H2,44,45,46)/t17-,20-,21-,22+,26-/m1/s1. The molecule has 1 saturated heterocycles. The first-order valence-electron chi connectivity index (χ1n) is 16.8. The molecule has 1 aliphatic rings. The fraction of sp³-hybridized carbons (Fsp3) is 0.483. The van der Waals surface area contributed by atoms with Gasteiger partial charge in [0.2, 0.25) is 16.9 Å². The minimum Gasteiger partial charge on any atom is -0.478 e. The van der Waals surface area contributed by atoms with Gasteiger partial charge >= 0.3 is 29.4 Å². The third kappa shape index (κ3) is 13.6. The molecule has 0 bridgehead atoms. The van der Waals surface area contributed by atoms with E-state index in [1.54, 1.807) is 0 Å². The van der Waals surface area contributed by atoms with E-state index in [1.165, 1.54) is 38.1 Å². The van der Waals surface area contributed by atoms with E-state index in [4.69, 9.17) is 24.6 Å². The molecule has 2 unspecified atom stereocenters. The van der Waals surface area contributed by atoms with Crippen molar-refractivity contribution in [3.05, 3.63) is 48.0 Å². The first-order chi connectivity index (χ1) is 27.4. The van der Waals surface area contributed by atoms with E-state index in [9.17, 15) is 62.7 Å².